The van der Waals surface area contributed by atoms with Gasteiger partial charge in [0.05, 0.1) is 18.8 Å². The summed E-state index contributed by atoms with van der Waals surface area (Å²) in [5, 5.41) is 3.15. The SMILES string of the molecule is CN(C)CCOCCNc1ccc(C(=O)N(C)C)cn1. The first-order chi connectivity index (χ1) is 9.50. The van der Waals surface area contributed by atoms with E-state index in [2.05, 4.69) is 15.2 Å². The van der Waals surface area contributed by atoms with E-state index in [0.29, 0.717) is 18.7 Å². The highest BCUT2D eigenvalue weighted by molar-refractivity contribution is 5.93. The van der Waals surface area contributed by atoms with Crippen molar-refractivity contribution in [3.05, 3.63) is 23.9 Å². The fraction of sp³-hybridized carbons (Fsp3) is 0.571. The summed E-state index contributed by atoms with van der Waals surface area (Å²) in [6, 6.07) is 3.57. The summed E-state index contributed by atoms with van der Waals surface area (Å²) in [7, 11) is 7.48. The highest BCUT2D eigenvalue weighted by Crippen LogP contribution is 2.06. The van der Waals surface area contributed by atoms with Gasteiger partial charge in [0.15, 0.2) is 0 Å². The van der Waals surface area contributed by atoms with E-state index < -0.39 is 0 Å². The second-order valence-electron chi connectivity index (χ2n) is 4.97. The molecule has 1 N–H and O–H groups in total. The van der Waals surface area contributed by atoms with E-state index in [1.165, 1.54) is 4.90 Å². The number of anilines is 1. The van der Waals surface area contributed by atoms with Gasteiger partial charge in [-0.25, -0.2) is 4.98 Å². The standard InChI is InChI=1S/C14H24N4O2/c1-17(2)8-10-20-9-7-15-13-6-5-12(11-16-13)14(19)18(3)4/h5-6,11H,7-10H2,1-4H3,(H,15,16). The molecule has 0 fully saturated rings. The number of pyridine rings is 1. The van der Waals surface area contributed by atoms with Gasteiger partial charge in [0.25, 0.3) is 5.91 Å². The van der Waals surface area contributed by atoms with Crippen LogP contribution >= 0.6 is 0 Å². The third-order valence-corrected chi connectivity index (χ3v) is 2.65. The predicted molar refractivity (Wildman–Crippen MR) is 80.1 cm³/mol. The summed E-state index contributed by atoms with van der Waals surface area (Å²) in [5.41, 5.74) is 0.586. The zero-order valence-electron chi connectivity index (χ0n) is 12.7. The Morgan fingerprint density at radius 3 is 2.55 bits per heavy atom. The molecular weight excluding hydrogens is 256 g/mol. The van der Waals surface area contributed by atoms with E-state index in [0.717, 1.165) is 19.0 Å². The Balaban J connectivity index is 2.27. The molecule has 0 aliphatic heterocycles. The molecule has 0 unspecified atom stereocenters. The number of aromatic nitrogens is 1. The van der Waals surface area contributed by atoms with Gasteiger partial charge in [0.2, 0.25) is 0 Å². The average Bonchev–Trinajstić information content (AvgIpc) is 2.42. The number of nitrogens with one attached hydrogen (secondary N) is 1. The molecule has 20 heavy (non-hydrogen) atoms. The molecule has 0 aliphatic rings. The van der Waals surface area contributed by atoms with Crippen LogP contribution in [0.25, 0.3) is 0 Å². The molecule has 1 heterocycles. The van der Waals surface area contributed by atoms with Crippen molar-refractivity contribution in [3.63, 3.8) is 0 Å². The molecule has 0 spiro atoms. The molecule has 0 saturated carbocycles. The second-order valence-corrected chi connectivity index (χ2v) is 4.97. The molecule has 1 amide bonds. The minimum Gasteiger partial charge on any atom is -0.378 e. The number of carbonyl (C=O) groups excluding carboxylic acids is 1. The number of ether oxygens (including phenoxy) is 1. The zero-order chi connectivity index (χ0) is 15.0. The number of carbonyl (C=O) groups is 1. The lowest BCUT2D eigenvalue weighted by Gasteiger charge is -2.11. The van der Waals surface area contributed by atoms with Crippen LogP contribution in [-0.4, -0.2) is 75.2 Å². The quantitative estimate of drug-likeness (QED) is 0.713. The van der Waals surface area contributed by atoms with Crippen LogP contribution in [0.15, 0.2) is 18.3 Å². The Hall–Kier alpha value is -1.66. The highest BCUT2D eigenvalue weighted by atomic mass is 16.5. The largest absolute Gasteiger partial charge is 0.378 e. The summed E-state index contributed by atoms with van der Waals surface area (Å²) in [4.78, 5) is 19.5. The van der Waals surface area contributed by atoms with Crippen molar-refractivity contribution in [2.75, 3.05) is 59.8 Å². The van der Waals surface area contributed by atoms with Gasteiger partial charge in [-0.3, -0.25) is 4.79 Å². The van der Waals surface area contributed by atoms with Crippen molar-refractivity contribution < 1.29 is 9.53 Å². The van der Waals surface area contributed by atoms with E-state index in [1.807, 2.05) is 14.1 Å². The van der Waals surface area contributed by atoms with Crippen LogP contribution in [0, 0.1) is 0 Å². The van der Waals surface area contributed by atoms with Crippen molar-refractivity contribution >= 4 is 11.7 Å². The fourth-order valence-corrected chi connectivity index (χ4v) is 1.48. The maximum Gasteiger partial charge on any atom is 0.254 e. The molecule has 0 aromatic carbocycles. The van der Waals surface area contributed by atoms with Gasteiger partial charge in [0.1, 0.15) is 5.82 Å². The van der Waals surface area contributed by atoms with E-state index in [1.54, 1.807) is 32.4 Å². The summed E-state index contributed by atoms with van der Waals surface area (Å²) < 4.78 is 5.47. The molecule has 0 aliphatic carbocycles. The molecule has 1 aromatic heterocycles. The van der Waals surface area contributed by atoms with Crippen LogP contribution in [-0.2, 0) is 4.74 Å². The molecular formula is C14H24N4O2. The van der Waals surface area contributed by atoms with E-state index in [9.17, 15) is 4.79 Å². The normalized spacial score (nSPS) is 10.7. The molecule has 1 rings (SSSR count). The molecule has 6 heteroatoms. The Kier molecular flexibility index (Phi) is 6.97. The minimum atomic E-state index is -0.0453. The summed E-state index contributed by atoms with van der Waals surface area (Å²) in [6.45, 7) is 2.97. The lowest BCUT2D eigenvalue weighted by Crippen LogP contribution is -2.22. The van der Waals surface area contributed by atoms with Crippen LogP contribution in [0.2, 0.25) is 0 Å². The summed E-state index contributed by atoms with van der Waals surface area (Å²) in [5.74, 6) is 0.701. The number of hydrogen-bond acceptors (Lipinski definition) is 5. The van der Waals surface area contributed by atoms with Gasteiger partial charge < -0.3 is 19.9 Å². The van der Waals surface area contributed by atoms with Gasteiger partial charge >= 0.3 is 0 Å². The molecule has 6 nitrogen and oxygen atoms in total. The van der Waals surface area contributed by atoms with Gasteiger partial charge in [-0.15, -0.1) is 0 Å². The van der Waals surface area contributed by atoms with Gasteiger partial charge in [-0.2, -0.15) is 0 Å². The Morgan fingerprint density at radius 2 is 2.00 bits per heavy atom. The van der Waals surface area contributed by atoms with Gasteiger partial charge in [-0.1, -0.05) is 0 Å². The molecule has 0 saturated heterocycles. The van der Waals surface area contributed by atoms with Crippen molar-refractivity contribution in [2.24, 2.45) is 0 Å². The highest BCUT2D eigenvalue weighted by Gasteiger charge is 2.07. The predicted octanol–water partition coefficient (Wildman–Crippen LogP) is 0.774. The first-order valence-corrected chi connectivity index (χ1v) is 6.64. The van der Waals surface area contributed by atoms with Crippen LogP contribution < -0.4 is 5.32 Å². The Morgan fingerprint density at radius 1 is 1.25 bits per heavy atom. The smallest absolute Gasteiger partial charge is 0.254 e. The summed E-state index contributed by atoms with van der Waals surface area (Å²) >= 11 is 0. The van der Waals surface area contributed by atoms with E-state index >= 15 is 0 Å². The zero-order valence-corrected chi connectivity index (χ0v) is 12.7. The number of hydrogen-bond donors (Lipinski definition) is 1. The lowest BCUT2D eigenvalue weighted by molar-refractivity contribution is 0.0827. The molecule has 0 bridgehead atoms. The number of likely N-dealkylation sites (N-methyl/N-ethyl adjacent to an activating group) is 1. The van der Waals surface area contributed by atoms with E-state index in [4.69, 9.17) is 4.74 Å². The molecule has 0 radical (unpaired) electrons. The topological polar surface area (TPSA) is 57.7 Å². The van der Waals surface area contributed by atoms with Crippen LogP contribution in [0.3, 0.4) is 0 Å². The van der Waals surface area contributed by atoms with Crippen LogP contribution in [0.4, 0.5) is 5.82 Å². The van der Waals surface area contributed by atoms with Crippen molar-refractivity contribution in [1.82, 2.24) is 14.8 Å². The fourth-order valence-electron chi connectivity index (χ4n) is 1.48. The monoisotopic (exact) mass is 280 g/mol. The maximum absolute atomic E-state index is 11.7. The van der Waals surface area contributed by atoms with Crippen molar-refractivity contribution in [1.29, 1.82) is 0 Å². The molecule has 1 aromatic rings. The van der Waals surface area contributed by atoms with Crippen LogP contribution in [0.1, 0.15) is 10.4 Å². The summed E-state index contributed by atoms with van der Waals surface area (Å²) in [6.07, 6.45) is 1.58. The van der Waals surface area contributed by atoms with Gasteiger partial charge in [0, 0.05) is 33.4 Å². The average molecular weight is 280 g/mol. The van der Waals surface area contributed by atoms with Crippen molar-refractivity contribution in [2.45, 2.75) is 0 Å². The number of amides is 1. The maximum atomic E-state index is 11.7. The Bertz CT molecular complexity index is 404. The number of nitrogens with zero attached hydrogens (tertiary/aromatic N) is 3. The van der Waals surface area contributed by atoms with Crippen molar-refractivity contribution in [3.8, 4) is 0 Å². The van der Waals surface area contributed by atoms with Crippen LogP contribution in [0.5, 0.6) is 0 Å². The molecule has 0 atom stereocenters. The third kappa shape index (κ3) is 5.99. The lowest BCUT2D eigenvalue weighted by atomic mass is 10.2. The van der Waals surface area contributed by atoms with E-state index in [-0.39, 0.29) is 5.91 Å². The minimum absolute atomic E-state index is 0.0453. The van der Waals surface area contributed by atoms with Gasteiger partial charge in [-0.05, 0) is 26.2 Å². The third-order valence-electron chi connectivity index (χ3n) is 2.65. The Labute approximate surface area is 120 Å². The second kappa shape index (κ2) is 8.50. The first kappa shape index (κ1) is 16.4. The number of rotatable bonds is 8. The first-order valence-electron chi connectivity index (χ1n) is 6.64. The molecule has 112 valence electrons.